The van der Waals surface area contributed by atoms with Crippen LogP contribution in [0.2, 0.25) is 10.0 Å². The number of phenolic OH excluding ortho intramolecular Hbond substituents is 1. The Morgan fingerprint density at radius 2 is 1.81 bits per heavy atom. The molecule has 1 amide bonds. The molecule has 21 heavy (non-hydrogen) atoms. The maximum atomic E-state index is 11.8. The lowest BCUT2D eigenvalue weighted by molar-refractivity contribution is -0.191. The van der Waals surface area contributed by atoms with Gasteiger partial charge >= 0.3 is 6.15 Å². The van der Waals surface area contributed by atoms with E-state index in [2.05, 4.69) is 0 Å². The molecule has 0 radical (unpaired) electrons. The van der Waals surface area contributed by atoms with Crippen molar-refractivity contribution in [3.05, 3.63) is 32.6 Å². The summed E-state index contributed by atoms with van der Waals surface area (Å²) in [4.78, 5) is 29.9. The van der Waals surface area contributed by atoms with Crippen molar-refractivity contribution in [3.63, 3.8) is 0 Å². The Bertz CT molecular complexity index is 646. The zero-order valence-electron chi connectivity index (χ0n) is 10.4. The van der Waals surface area contributed by atoms with Crippen LogP contribution in [0.15, 0.2) is 17.0 Å². The highest BCUT2D eigenvalue weighted by molar-refractivity contribution is 8.26. The van der Waals surface area contributed by atoms with E-state index in [1.54, 1.807) is 13.1 Å². The molecule has 1 aromatic carbocycles. The second-order valence-electron chi connectivity index (χ2n) is 3.66. The number of likely N-dealkylation sites (N-methyl/N-ethyl adjacent to an activating group) is 1. The third kappa shape index (κ3) is 4.30. The van der Waals surface area contributed by atoms with Crippen LogP contribution < -0.4 is 0 Å². The summed E-state index contributed by atoms with van der Waals surface area (Å²) in [6, 6.07) is 3.07. The van der Waals surface area contributed by atoms with Crippen molar-refractivity contribution in [2.45, 2.75) is 0 Å². The van der Waals surface area contributed by atoms with Crippen LogP contribution in [-0.2, 0) is 14.4 Å². The lowest BCUT2D eigenvalue weighted by Gasteiger charge is -2.04. The van der Waals surface area contributed by atoms with Crippen LogP contribution >= 0.6 is 47.2 Å². The molecule has 1 heterocycles. The number of nitrogens with zero attached hydrogens (tertiary/aromatic N) is 1. The third-order valence-electron chi connectivity index (χ3n) is 2.32. The van der Waals surface area contributed by atoms with Crippen LogP contribution in [0.1, 0.15) is 5.56 Å². The van der Waals surface area contributed by atoms with Gasteiger partial charge in [-0.2, -0.15) is 9.59 Å². The Labute approximate surface area is 139 Å². The Balaban J connectivity index is 0.000000677. The second-order valence-corrected chi connectivity index (χ2v) is 6.15. The molecule has 0 unspecified atom stereocenters. The number of halogens is 2. The molecular formula is C12H7Cl2NO4S2. The quantitative estimate of drug-likeness (QED) is 0.610. The predicted molar refractivity (Wildman–Crippen MR) is 84.1 cm³/mol. The van der Waals surface area contributed by atoms with Gasteiger partial charge in [-0.1, -0.05) is 47.2 Å². The number of thiocarbonyl (C=S) groups is 1. The molecule has 0 saturated carbocycles. The molecule has 1 N–H and O–H groups in total. The number of benzene rings is 1. The maximum absolute atomic E-state index is 11.8. The molecule has 0 atom stereocenters. The molecule has 1 aromatic rings. The van der Waals surface area contributed by atoms with E-state index in [4.69, 9.17) is 45.0 Å². The van der Waals surface area contributed by atoms with Crippen LogP contribution in [-0.4, -0.2) is 33.4 Å². The van der Waals surface area contributed by atoms with Crippen molar-refractivity contribution in [1.82, 2.24) is 4.90 Å². The number of amides is 1. The number of hydrogen-bond donors (Lipinski definition) is 1. The normalized spacial score (nSPS) is 15.8. The van der Waals surface area contributed by atoms with Gasteiger partial charge in [0.1, 0.15) is 4.32 Å². The first kappa shape index (κ1) is 17.7. The Morgan fingerprint density at radius 1 is 1.33 bits per heavy atom. The van der Waals surface area contributed by atoms with E-state index in [-0.39, 0.29) is 27.9 Å². The summed E-state index contributed by atoms with van der Waals surface area (Å²) in [5, 5.41) is 9.72. The molecule has 0 spiro atoms. The van der Waals surface area contributed by atoms with Crippen molar-refractivity contribution in [3.8, 4) is 5.75 Å². The van der Waals surface area contributed by atoms with Gasteiger partial charge < -0.3 is 5.11 Å². The van der Waals surface area contributed by atoms with Gasteiger partial charge in [-0.3, -0.25) is 9.69 Å². The molecule has 110 valence electrons. The summed E-state index contributed by atoms with van der Waals surface area (Å²) in [7, 11) is 1.62. The van der Waals surface area contributed by atoms with E-state index < -0.39 is 0 Å². The molecule has 0 bridgehead atoms. The average Bonchev–Trinajstić information content (AvgIpc) is 2.64. The summed E-state index contributed by atoms with van der Waals surface area (Å²) in [5.74, 6) is -0.330. The van der Waals surface area contributed by atoms with Crippen LogP contribution in [0.3, 0.4) is 0 Å². The fourth-order valence-corrected chi connectivity index (χ4v) is 3.05. The number of hydrogen-bond acceptors (Lipinski definition) is 6. The van der Waals surface area contributed by atoms with Crippen LogP contribution in [0, 0.1) is 0 Å². The highest BCUT2D eigenvalue weighted by Gasteiger charge is 2.28. The highest BCUT2D eigenvalue weighted by atomic mass is 35.5. The molecule has 1 saturated heterocycles. The molecule has 5 nitrogen and oxygen atoms in total. The second kappa shape index (κ2) is 7.59. The zero-order valence-corrected chi connectivity index (χ0v) is 13.6. The lowest BCUT2D eigenvalue weighted by Crippen LogP contribution is -2.22. The summed E-state index contributed by atoms with van der Waals surface area (Å²) < 4.78 is 0.502. The first-order valence-electron chi connectivity index (χ1n) is 5.20. The number of carbonyl (C=O) groups is 1. The van der Waals surface area contributed by atoms with E-state index in [0.29, 0.717) is 14.8 Å². The molecule has 1 fully saturated rings. The van der Waals surface area contributed by atoms with Gasteiger partial charge in [-0.05, 0) is 23.8 Å². The molecule has 9 heteroatoms. The van der Waals surface area contributed by atoms with E-state index in [1.165, 1.54) is 28.8 Å². The molecule has 0 aliphatic carbocycles. The summed E-state index contributed by atoms with van der Waals surface area (Å²) in [5.41, 5.74) is 0.636. The van der Waals surface area contributed by atoms with Crippen LogP contribution in [0.5, 0.6) is 5.75 Å². The zero-order chi connectivity index (χ0) is 16.2. The van der Waals surface area contributed by atoms with E-state index in [0.717, 1.165) is 0 Å². The minimum atomic E-state index is -0.168. The monoisotopic (exact) mass is 363 g/mol. The fourth-order valence-electron chi connectivity index (χ4n) is 1.37. The summed E-state index contributed by atoms with van der Waals surface area (Å²) >= 11 is 17.8. The van der Waals surface area contributed by atoms with E-state index >= 15 is 0 Å². The SMILES string of the molecule is CN1C(=O)/C(=C/c2cc(Cl)c(O)c(Cl)c2)SC1=S.O=C=O. The van der Waals surface area contributed by atoms with E-state index in [9.17, 15) is 9.90 Å². The van der Waals surface area contributed by atoms with Crippen molar-refractivity contribution in [1.29, 1.82) is 0 Å². The molecular weight excluding hydrogens is 357 g/mol. The van der Waals surface area contributed by atoms with Gasteiger partial charge in [0.15, 0.2) is 5.75 Å². The minimum Gasteiger partial charge on any atom is -0.505 e. The van der Waals surface area contributed by atoms with Crippen LogP contribution in [0.4, 0.5) is 0 Å². The van der Waals surface area contributed by atoms with Gasteiger partial charge in [-0.25, -0.2) is 0 Å². The largest absolute Gasteiger partial charge is 0.505 e. The van der Waals surface area contributed by atoms with Gasteiger partial charge in [-0.15, -0.1) is 0 Å². The van der Waals surface area contributed by atoms with Crippen molar-refractivity contribution in [2.75, 3.05) is 7.05 Å². The molecule has 2 rings (SSSR count). The molecule has 1 aliphatic rings. The van der Waals surface area contributed by atoms with Gasteiger partial charge in [0.2, 0.25) is 0 Å². The smallest absolute Gasteiger partial charge is 0.373 e. The average molecular weight is 364 g/mol. The van der Waals surface area contributed by atoms with Gasteiger partial charge in [0, 0.05) is 7.05 Å². The lowest BCUT2D eigenvalue weighted by atomic mass is 10.2. The Hall–Kier alpha value is -1.37. The minimum absolute atomic E-state index is 0.140. The fraction of sp³-hybridized carbons (Fsp3) is 0.0833. The predicted octanol–water partition coefficient (Wildman–Crippen LogP) is 2.95. The molecule has 1 aliphatic heterocycles. The van der Waals surface area contributed by atoms with Crippen LogP contribution in [0.25, 0.3) is 6.08 Å². The van der Waals surface area contributed by atoms with Crippen molar-refractivity contribution < 1.29 is 19.5 Å². The Kier molecular flexibility index (Phi) is 6.39. The topological polar surface area (TPSA) is 74.7 Å². The highest BCUT2D eigenvalue weighted by Crippen LogP contribution is 2.36. The number of thioether (sulfide) groups is 1. The first-order chi connectivity index (χ1) is 9.81. The molecule has 0 aromatic heterocycles. The number of rotatable bonds is 1. The first-order valence-corrected chi connectivity index (χ1v) is 7.18. The number of phenols is 1. The van der Waals surface area contributed by atoms with Crippen molar-refractivity contribution >= 4 is 69.6 Å². The van der Waals surface area contributed by atoms with Gasteiger partial charge in [0.05, 0.1) is 15.0 Å². The third-order valence-corrected chi connectivity index (χ3v) is 4.38. The standard InChI is InChI=1S/C11H7Cl2NO2S2.CO2/c1-14-10(16)8(18-11(14)17)4-5-2-6(12)9(15)7(13)3-5;2-1-3/h2-4,15H,1H3;/b8-4-;. The Morgan fingerprint density at radius 3 is 2.19 bits per heavy atom. The summed E-state index contributed by atoms with van der Waals surface area (Å²) in [6.07, 6.45) is 1.89. The number of aromatic hydroxyl groups is 1. The number of carbonyl (C=O) groups excluding carboxylic acids is 3. The van der Waals surface area contributed by atoms with Crippen molar-refractivity contribution in [2.24, 2.45) is 0 Å². The van der Waals surface area contributed by atoms with Gasteiger partial charge in [0.25, 0.3) is 5.91 Å². The van der Waals surface area contributed by atoms with E-state index in [1.807, 2.05) is 0 Å². The summed E-state index contributed by atoms with van der Waals surface area (Å²) in [6.45, 7) is 0. The maximum Gasteiger partial charge on any atom is 0.373 e.